The Bertz CT molecular complexity index is 549. The minimum Gasteiger partial charge on any atom is -0.370 e. The first kappa shape index (κ1) is 15.3. The molecule has 2 heterocycles. The predicted molar refractivity (Wildman–Crippen MR) is 85.6 cm³/mol. The molecule has 6 nitrogen and oxygen atoms in total. The standard InChI is InChI=1S/C15H24N6/c1-5-17-14-13(11(2)3)15(19-9-18-14)20-12(4)8-21-7-6-16-10-21/h6-7,9-12H,5,8H2,1-4H3,(H2,17,18,19,20). The summed E-state index contributed by atoms with van der Waals surface area (Å²) in [7, 11) is 0. The third kappa shape index (κ3) is 3.93. The molecule has 0 bridgehead atoms. The highest BCUT2D eigenvalue weighted by molar-refractivity contribution is 5.59. The number of nitrogens with one attached hydrogen (secondary N) is 2. The van der Waals surface area contributed by atoms with Gasteiger partial charge in [-0.1, -0.05) is 13.8 Å². The summed E-state index contributed by atoms with van der Waals surface area (Å²) >= 11 is 0. The molecule has 0 aliphatic heterocycles. The molecule has 2 rings (SSSR count). The van der Waals surface area contributed by atoms with Crippen LogP contribution >= 0.6 is 0 Å². The maximum absolute atomic E-state index is 4.42. The molecule has 0 fully saturated rings. The van der Waals surface area contributed by atoms with Crippen LogP contribution in [0.15, 0.2) is 25.0 Å². The first-order valence-corrected chi connectivity index (χ1v) is 7.42. The summed E-state index contributed by atoms with van der Waals surface area (Å²) in [5, 5.41) is 6.80. The van der Waals surface area contributed by atoms with Gasteiger partial charge in [0.25, 0.3) is 0 Å². The van der Waals surface area contributed by atoms with Crippen molar-refractivity contribution in [2.24, 2.45) is 0 Å². The van der Waals surface area contributed by atoms with Crippen LogP contribution in [0.5, 0.6) is 0 Å². The number of imidazole rings is 1. The molecule has 1 unspecified atom stereocenters. The van der Waals surface area contributed by atoms with Crippen LogP contribution in [-0.2, 0) is 6.54 Å². The highest BCUT2D eigenvalue weighted by atomic mass is 15.1. The first-order chi connectivity index (χ1) is 10.1. The number of anilines is 2. The van der Waals surface area contributed by atoms with Crippen molar-refractivity contribution in [1.29, 1.82) is 0 Å². The van der Waals surface area contributed by atoms with Crippen LogP contribution in [0.4, 0.5) is 11.6 Å². The largest absolute Gasteiger partial charge is 0.370 e. The smallest absolute Gasteiger partial charge is 0.135 e. The summed E-state index contributed by atoms with van der Waals surface area (Å²) in [6.45, 7) is 10.2. The topological polar surface area (TPSA) is 67.7 Å². The molecule has 0 aromatic carbocycles. The molecule has 2 aromatic heterocycles. The normalized spacial score (nSPS) is 12.4. The molecule has 6 heteroatoms. The SMILES string of the molecule is CCNc1ncnc(NC(C)Cn2ccnc2)c1C(C)C. The molecule has 2 N–H and O–H groups in total. The number of hydrogen-bond acceptors (Lipinski definition) is 5. The van der Waals surface area contributed by atoms with Gasteiger partial charge in [0.2, 0.25) is 0 Å². The number of hydrogen-bond donors (Lipinski definition) is 2. The van der Waals surface area contributed by atoms with E-state index in [0.717, 1.165) is 30.3 Å². The molecule has 0 spiro atoms. The van der Waals surface area contributed by atoms with Gasteiger partial charge in [0, 0.05) is 37.1 Å². The van der Waals surface area contributed by atoms with Crippen molar-refractivity contribution in [2.75, 3.05) is 17.2 Å². The van der Waals surface area contributed by atoms with E-state index < -0.39 is 0 Å². The third-order valence-corrected chi connectivity index (χ3v) is 3.23. The fraction of sp³-hybridized carbons (Fsp3) is 0.533. The molecular weight excluding hydrogens is 264 g/mol. The van der Waals surface area contributed by atoms with Gasteiger partial charge in [0.1, 0.15) is 18.0 Å². The summed E-state index contributed by atoms with van der Waals surface area (Å²) in [6.07, 6.45) is 7.19. The molecule has 0 radical (unpaired) electrons. The van der Waals surface area contributed by atoms with Gasteiger partial charge in [0.05, 0.1) is 6.33 Å². The van der Waals surface area contributed by atoms with Gasteiger partial charge in [0.15, 0.2) is 0 Å². The number of aromatic nitrogens is 4. The van der Waals surface area contributed by atoms with Crippen molar-refractivity contribution in [3.63, 3.8) is 0 Å². The lowest BCUT2D eigenvalue weighted by Crippen LogP contribution is -2.23. The minimum absolute atomic E-state index is 0.251. The second-order valence-corrected chi connectivity index (χ2v) is 5.47. The van der Waals surface area contributed by atoms with E-state index in [1.807, 2.05) is 12.5 Å². The molecule has 114 valence electrons. The Balaban J connectivity index is 2.16. The van der Waals surface area contributed by atoms with E-state index in [9.17, 15) is 0 Å². The fourth-order valence-electron chi connectivity index (χ4n) is 2.36. The lowest BCUT2D eigenvalue weighted by atomic mass is 10.0. The highest BCUT2D eigenvalue weighted by Gasteiger charge is 2.16. The number of rotatable bonds is 7. The van der Waals surface area contributed by atoms with Gasteiger partial charge in [-0.2, -0.15) is 0 Å². The fourth-order valence-corrected chi connectivity index (χ4v) is 2.36. The van der Waals surface area contributed by atoms with E-state index in [-0.39, 0.29) is 6.04 Å². The van der Waals surface area contributed by atoms with Crippen LogP contribution in [0.2, 0.25) is 0 Å². The summed E-state index contributed by atoms with van der Waals surface area (Å²) in [4.78, 5) is 12.8. The quantitative estimate of drug-likeness (QED) is 0.820. The Morgan fingerprint density at radius 3 is 2.57 bits per heavy atom. The van der Waals surface area contributed by atoms with Gasteiger partial charge < -0.3 is 15.2 Å². The van der Waals surface area contributed by atoms with Crippen molar-refractivity contribution in [1.82, 2.24) is 19.5 Å². The first-order valence-electron chi connectivity index (χ1n) is 7.42. The maximum atomic E-state index is 4.42. The van der Waals surface area contributed by atoms with Crippen LogP contribution in [0.3, 0.4) is 0 Å². The Hall–Kier alpha value is -2.11. The zero-order valence-electron chi connectivity index (χ0n) is 13.2. The molecule has 0 saturated carbocycles. The highest BCUT2D eigenvalue weighted by Crippen LogP contribution is 2.28. The molecule has 0 amide bonds. The van der Waals surface area contributed by atoms with Crippen molar-refractivity contribution in [3.8, 4) is 0 Å². The average molecular weight is 288 g/mol. The Morgan fingerprint density at radius 2 is 1.95 bits per heavy atom. The van der Waals surface area contributed by atoms with Gasteiger partial charge >= 0.3 is 0 Å². The van der Waals surface area contributed by atoms with Crippen LogP contribution in [0, 0.1) is 0 Å². The molecule has 0 saturated heterocycles. The van der Waals surface area contributed by atoms with Gasteiger partial charge in [-0.05, 0) is 19.8 Å². The van der Waals surface area contributed by atoms with E-state index in [0.29, 0.717) is 5.92 Å². The van der Waals surface area contributed by atoms with E-state index in [1.165, 1.54) is 0 Å². The van der Waals surface area contributed by atoms with Gasteiger partial charge in [-0.15, -0.1) is 0 Å². The van der Waals surface area contributed by atoms with E-state index in [2.05, 4.69) is 57.8 Å². The number of nitrogens with zero attached hydrogens (tertiary/aromatic N) is 4. The molecular formula is C15H24N6. The van der Waals surface area contributed by atoms with E-state index in [1.54, 1.807) is 12.5 Å². The van der Waals surface area contributed by atoms with Crippen molar-refractivity contribution < 1.29 is 0 Å². The van der Waals surface area contributed by atoms with Crippen LogP contribution in [-0.4, -0.2) is 32.1 Å². The van der Waals surface area contributed by atoms with Crippen molar-refractivity contribution in [3.05, 3.63) is 30.6 Å². The zero-order valence-corrected chi connectivity index (χ0v) is 13.2. The zero-order chi connectivity index (χ0) is 15.2. The van der Waals surface area contributed by atoms with E-state index in [4.69, 9.17) is 0 Å². The summed E-state index contributed by atoms with van der Waals surface area (Å²) in [6, 6.07) is 0.251. The van der Waals surface area contributed by atoms with Crippen molar-refractivity contribution in [2.45, 2.75) is 46.2 Å². The molecule has 1 atom stereocenters. The van der Waals surface area contributed by atoms with Crippen molar-refractivity contribution >= 4 is 11.6 Å². The monoisotopic (exact) mass is 288 g/mol. The molecule has 0 aliphatic carbocycles. The summed E-state index contributed by atoms with van der Waals surface area (Å²) in [5.41, 5.74) is 1.14. The second-order valence-electron chi connectivity index (χ2n) is 5.47. The lowest BCUT2D eigenvalue weighted by molar-refractivity contribution is 0.615. The second kappa shape index (κ2) is 7.06. The summed E-state index contributed by atoms with van der Waals surface area (Å²) < 4.78 is 2.05. The molecule has 0 aliphatic rings. The Labute approximate surface area is 126 Å². The Kier molecular flexibility index (Phi) is 5.14. The van der Waals surface area contributed by atoms with Gasteiger partial charge in [-0.25, -0.2) is 15.0 Å². The molecule has 2 aromatic rings. The van der Waals surface area contributed by atoms with Gasteiger partial charge in [-0.3, -0.25) is 0 Å². The summed E-state index contributed by atoms with van der Waals surface area (Å²) in [5.74, 6) is 2.17. The van der Waals surface area contributed by atoms with Crippen LogP contribution in [0.1, 0.15) is 39.2 Å². The van der Waals surface area contributed by atoms with Crippen LogP contribution < -0.4 is 10.6 Å². The average Bonchev–Trinajstić information content (AvgIpc) is 2.91. The van der Waals surface area contributed by atoms with Crippen LogP contribution in [0.25, 0.3) is 0 Å². The predicted octanol–water partition coefficient (Wildman–Crippen LogP) is 2.73. The Morgan fingerprint density at radius 1 is 1.19 bits per heavy atom. The molecule has 21 heavy (non-hydrogen) atoms. The minimum atomic E-state index is 0.251. The third-order valence-electron chi connectivity index (χ3n) is 3.23. The lowest BCUT2D eigenvalue weighted by Gasteiger charge is -2.21. The van der Waals surface area contributed by atoms with E-state index >= 15 is 0 Å². The maximum Gasteiger partial charge on any atom is 0.135 e.